The molecule has 0 spiro atoms. The van der Waals surface area contributed by atoms with Crippen molar-refractivity contribution in [1.29, 1.82) is 0 Å². The van der Waals surface area contributed by atoms with E-state index < -0.39 is 30.0 Å². The van der Waals surface area contributed by atoms with E-state index in [0.717, 1.165) is 0 Å². The highest BCUT2D eigenvalue weighted by atomic mass is 19.4. The van der Waals surface area contributed by atoms with Gasteiger partial charge in [-0.3, -0.25) is 0 Å². The fraction of sp³-hybridized carbons (Fsp3) is 0.800. The predicted molar refractivity (Wildman–Crippen MR) is 49.6 cm³/mol. The summed E-state index contributed by atoms with van der Waals surface area (Å²) in [6.45, 7) is 1.65. The molecule has 0 aliphatic heterocycles. The molecule has 114 valence electrons. The predicted octanol–water partition coefficient (Wildman–Crippen LogP) is 5.20. The number of allylic oxidation sites excluding steroid dienone is 2. The highest BCUT2D eigenvalue weighted by molar-refractivity contribution is 5.09. The Morgan fingerprint density at radius 3 is 1.63 bits per heavy atom. The number of alkyl halides is 9. The molecule has 0 atom stereocenters. The van der Waals surface area contributed by atoms with Gasteiger partial charge < -0.3 is 0 Å². The van der Waals surface area contributed by atoms with Crippen molar-refractivity contribution in [2.24, 2.45) is 0 Å². The zero-order valence-corrected chi connectivity index (χ0v) is 9.68. The quantitative estimate of drug-likeness (QED) is 0.359. The lowest BCUT2D eigenvalue weighted by Crippen LogP contribution is -2.60. The van der Waals surface area contributed by atoms with Crippen molar-refractivity contribution in [1.82, 2.24) is 0 Å². The maximum Gasteiger partial charge on any atom is 0.460 e. The minimum absolute atomic E-state index is 0.125. The minimum atomic E-state index is -6.82. The molecule has 0 bridgehead atoms. The first kappa shape index (κ1) is 18.1. The Hall–Kier alpha value is -0.890. The topological polar surface area (TPSA) is 0 Å². The van der Waals surface area contributed by atoms with Gasteiger partial charge in [0.05, 0.1) is 0 Å². The standard InChI is InChI=1S/C10H11F9/c1-2-3-4-5-6-7(11,12)8(13,14)9(15,16)10(17,18)19/h5-6H,2-4H2,1H3. The molecule has 0 amide bonds. The van der Waals surface area contributed by atoms with Gasteiger partial charge in [0.25, 0.3) is 0 Å². The van der Waals surface area contributed by atoms with Crippen molar-refractivity contribution in [2.75, 3.05) is 0 Å². The van der Waals surface area contributed by atoms with Gasteiger partial charge in [0, 0.05) is 0 Å². The van der Waals surface area contributed by atoms with Crippen molar-refractivity contribution in [2.45, 2.75) is 50.1 Å². The van der Waals surface area contributed by atoms with Crippen molar-refractivity contribution in [3.8, 4) is 0 Å². The highest BCUT2D eigenvalue weighted by Crippen LogP contribution is 2.53. The third-order valence-corrected chi connectivity index (χ3v) is 2.22. The zero-order valence-electron chi connectivity index (χ0n) is 9.68. The zero-order chi connectivity index (χ0) is 15.5. The van der Waals surface area contributed by atoms with Crippen LogP contribution in [-0.4, -0.2) is 23.9 Å². The molecule has 0 aromatic heterocycles. The van der Waals surface area contributed by atoms with E-state index in [1.807, 2.05) is 0 Å². The van der Waals surface area contributed by atoms with Crippen LogP contribution in [0.25, 0.3) is 0 Å². The first-order valence-electron chi connectivity index (χ1n) is 5.19. The Balaban J connectivity index is 5.22. The monoisotopic (exact) mass is 302 g/mol. The van der Waals surface area contributed by atoms with Crippen LogP contribution in [0.1, 0.15) is 26.2 Å². The molecule has 0 aromatic rings. The maximum atomic E-state index is 12.8. The maximum absolute atomic E-state index is 12.8. The van der Waals surface area contributed by atoms with E-state index in [1.165, 1.54) is 0 Å². The molecule has 0 fully saturated rings. The van der Waals surface area contributed by atoms with Crippen LogP contribution in [0.4, 0.5) is 39.5 Å². The summed E-state index contributed by atoms with van der Waals surface area (Å²) in [4.78, 5) is 0. The van der Waals surface area contributed by atoms with E-state index in [2.05, 4.69) is 0 Å². The fourth-order valence-corrected chi connectivity index (χ4v) is 1.05. The molecular weight excluding hydrogens is 291 g/mol. The molecule has 0 rings (SSSR count). The van der Waals surface area contributed by atoms with Crippen LogP contribution in [-0.2, 0) is 0 Å². The van der Waals surface area contributed by atoms with Gasteiger partial charge in [0.2, 0.25) is 0 Å². The van der Waals surface area contributed by atoms with E-state index in [4.69, 9.17) is 0 Å². The summed E-state index contributed by atoms with van der Waals surface area (Å²) in [6.07, 6.45) is -6.21. The second-order valence-electron chi connectivity index (χ2n) is 3.81. The molecule has 0 N–H and O–H groups in total. The van der Waals surface area contributed by atoms with E-state index in [1.54, 1.807) is 6.92 Å². The first-order valence-corrected chi connectivity index (χ1v) is 5.19. The molecule has 19 heavy (non-hydrogen) atoms. The summed E-state index contributed by atoms with van der Waals surface area (Å²) in [7, 11) is 0. The summed E-state index contributed by atoms with van der Waals surface area (Å²) < 4.78 is 111. The number of hydrogen-bond acceptors (Lipinski definition) is 0. The third kappa shape index (κ3) is 3.56. The van der Waals surface area contributed by atoms with Crippen LogP contribution in [0.3, 0.4) is 0 Å². The van der Waals surface area contributed by atoms with E-state index in [-0.39, 0.29) is 6.42 Å². The van der Waals surface area contributed by atoms with Crippen LogP contribution >= 0.6 is 0 Å². The van der Waals surface area contributed by atoms with E-state index >= 15 is 0 Å². The second kappa shape index (κ2) is 5.62. The van der Waals surface area contributed by atoms with Gasteiger partial charge in [-0.15, -0.1) is 0 Å². The van der Waals surface area contributed by atoms with E-state index in [0.29, 0.717) is 18.9 Å². The number of rotatable bonds is 6. The Bertz CT molecular complexity index is 313. The second-order valence-corrected chi connectivity index (χ2v) is 3.81. The van der Waals surface area contributed by atoms with Gasteiger partial charge in [-0.1, -0.05) is 25.8 Å². The number of unbranched alkanes of at least 4 members (excludes halogenated alkanes) is 2. The summed E-state index contributed by atoms with van der Waals surface area (Å²) in [5.74, 6) is -19.0. The SMILES string of the molecule is CCCCC=CC(F)(F)C(F)(F)C(F)(F)C(F)(F)F. The first-order chi connectivity index (χ1) is 8.31. The van der Waals surface area contributed by atoms with Crippen LogP contribution < -0.4 is 0 Å². The molecule has 0 aliphatic rings. The Morgan fingerprint density at radius 2 is 1.26 bits per heavy atom. The van der Waals surface area contributed by atoms with Crippen molar-refractivity contribution in [3.05, 3.63) is 12.2 Å². The minimum Gasteiger partial charge on any atom is -0.195 e. The van der Waals surface area contributed by atoms with Crippen molar-refractivity contribution >= 4 is 0 Å². The Kier molecular flexibility index (Phi) is 5.36. The summed E-state index contributed by atoms with van der Waals surface area (Å²) in [6, 6.07) is 0. The summed E-state index contributed by atoms with van der Waals surface area (Å²) in [5.41, 5.74) is 0. The van der Waals surface area contributed by atoms with Gasteiger partial charge >= 0.3 is 23.9 Å². The highest BCUT2D eigenvalue weighted by Gasteiger charge is 2.81. The molecule has 9 heteroatoms. The Labute approximate surface area is 103 Å². The largest absolute Gasteiger partial charge is 0.460 e. The normalized spacial score (nSPS) is 15.3. The smallest absolute Gasteiger partial charge is 0.195 e. The lowest BCUT2D eigenvalue weighted by atomic mass is 10.0. The molecule has 0 heterocycles. The lowest BCUT2D eigenvalue weighted by molar-refractivity contribution is -0.388. The molecular formula is C10H11F9. The molecule has 0 saturated carbocycles. The molecule has 0 aliphatic carbocycles. The summed E-state index contributed by atoms with van der Waals surface area (Å²) >= 11 is 0. The molecule has 0 unspecified atom stereocenters. The van der Waals surface area contributed by atoms with Crippen molar-refractivity contribution in [3.63, 3.8) is 0 Å². The number of halogens is 9. The van der Waals surface area contributed by atoms with Gasteiger partial charge in [-0.05, 0) is 12.5 Å². The fourth-order valence-electron chi connectivity index (χ4n) is 1.05. The van der Waals surface area contributed by atoms with Gasteiger partial charge in [0.15, 0.2) is 0 Å². The van der Waals surface area contributed by atoms with Gasteiger partial charge in [-0.25, -0.2) is 0 Å². The van der Waals surface area contributed by atoms with Crippen LogP contribution in [0.5, 0.6) is 0 Å². The van der Waals surface area contributed by atoms with Gasteiger partial charge in [0.1, 0.15) is 0 Å². The number of hydrogen-bond donors (Lipinski definition) is 0. The van der Waals surface area contributed by atoms with Crippen LogP contribution in [0.15, 0.2) is 12.2 Å². The molecule has 0 nitrogen and oxygen atoms in total. The summed E-state index contributed by atoms with van der Waals surface area (Å²) in [5, 5.41) is 0. The lowest BCUT2D eigenvalue weighted by Gasteiger charge is -2.32. The molecule has 0 radical (unpaired) electrons. The average Bonchev–Trinajstić information content (AvgIpc) is 2.22. The van der Waals surface area contributed by atoms with Gasteiger partial charge in [-0.2, -0.15) is 39.5 Å². The molecule has 0 aromatic carbocycles. The van der Waals surface area contributed by atoms with Crippen LogP contribution in [0.2, 0.25) is 0 Å². The Morgan fingerprint density at radius 1 is 0.789 bits per heavy atom. The third-order valence-electron chi connectivity index (χ3n) is 2.22. The van der Waals surface area contributed by atoms with Crippen molar-refractivity contribution < 1.29 is 39.5 Å². The van der Waals surface area contributed by atoms with E-state index in [9.17, 15) is 39.5 Å². The average molecular weight is 302 g/mol. The van der Waals surface area contributed by atoms with Crippen LogP contribution in [0, 0.1) is 0 Å². The molecule has 0 saturated heterocycles.